The van der Waals surface area contributed by atoms with Gasteiger partial charge in [-0.1, -0.05) is 32.6 Å². The molecule has 8 heteroatoms. The first-order valence-electron chi connectivity index (χ1n) is 10.6. The number of carbonyl (C=O) groups is 1. The van der Waals surface area contributed by atoms with Gasteiger partial charge in [-0.2, -0.15) is 0 Å². The van der Waals surface area contributed by atoms with Crippen LogP contribution >= 0.6 is 0 Å². The lowest BCUT2D eigenvalue weighted by molar-refractivity contribution is 0.0511. The Labute approximate surface area is 165 Å². The fraction of sp³-hybridized carbons (Fsp3) is 0.700. The van der Waals surface area contributed by atoms with E-state index in [1.165, 1.54) is 32.1 Å². The molecular formula is C20H30N6O2. The molecule has 2 aromatic heterocycles. The van der Waals surface area contributed by atoms with Crippen LogP contribution in [0.25, 0.3) is 0 Å². The van der Waals surface area contributed by atoms with E-state index in [4.69, 9.17) is 4.42 Å². The van der Waals surface area contributed by atoms with E-state index >= 15 is 0 Å². The molecule has 1 aliphatic heterocycles. The van der Waals surface area contributed by atoms with Crippen molar-refractivity contribution in [2.75, 3.05) is 26.2 Å². The van der Waals surface area contributed by atoms with E-state index in [0.29, 0.717) is 24.9 Å². The lowest BCUT2D eigenvalue weighted by Crippen LogP contribution is -2.50. The number of nitrogens with zero attached hydrogens (tertiary/aromatic N) is 6. The largest absolute Gasteiger partial charge is 0.459 e. The highest BCUT2D eigenvalue weighted by atomic mass is 16.3. The predicted molar refractivity (Wildman–Crippen MR) is 104 cm³/mol. The minimum absolute atomic E-state index is 0.0243. The maximum Gasteiger partial charge on any atom is 0.289 e. The maximum atomic E-state index is 12.5. The van der Waals surface area contributed by atoms with Crippen LogP contribution < -0.4 is 0 Å². The van der Waals surface area contributed by atoms with Gasteiger partial charge < -0.3 is 9.32 Å². The van der Waals surface area contributed by atoms with Crippen molar-refractivity contribution >= 4 is 5.91 Å². The molecule has 1 atom stereocenters. The van der Waals surface area contributed by atoms with Gasteiger partial charge in [0.05, 0.1) is 18.3 Å². The van der Waals surface area contributed by atoms with Gasteiger partial charge in [0.1, 0.15) is 0 Å². The van der Waals surface area contributed by atoms with Crippen LogP contribution in [0.2, 0.25) is 0 Å². The molecule has 0 aromatic carbocycles. The van der Waals surface area contributed by atoms with Crippen molar-refractivity contribution in [3.05, 3.63) is 30.0 Å². The average Bonchev–Trinajstić information content (AvgIpc) is 3.44. The van der Waals surface area contributed by atoms with Gasteiger partial charge in [0.15, 0.2) is 11.6 Å². The molecule has 0 unspecified atom stereocenters. The smallest absolute Gasteiger partial charge is 0.289 e. The third kappa shape index (κ3) is 3.97. The summed E-state index contributed by atoms with van der Waals surface area (Å²) in [6.45, 7) is 5.26. The van der Waals surface area contributed by atoms with Crippen LogP contribution in [0.4, 0.5) is 0 Å². The quantitative estimate of drug-likeness (QED) is 0.759. The summed E-state index contributed by atoms with van der Waals surface area (Å²) >= 11 is 0. The third-order valence-electron chi connectivity index (χ3n) is 6.07. The Hall–Kier alpha value is -2.22. The van der Waals surface area contributed by atoms with Gasteiger partial charge >= 0.3 is 0 Å². The zero-order valence-corrected chi connectivity index (χ0v) is 16.7. The van der Waals surface area contributed by atoms with Gasteiger partial charge in [-0.25, -0.2) is 4.68 Å². The van der Waals surface area contributed by atoms with Gasteiger partial charge in [0.2, 0.25) is 0 Å². The molecular weight excluding hydrogens is 356 g/mol. The molecule has 0 bridgehead atoms. The average molecular weight is 387 g/mol. The molecule has 152 valence electrons. The normalized spacial score (nSPS) is 20.4. The van der Waals surface area contributed by atoms with Crippen molar-refractivity contribution in [1.82, 2.24) is 30.0 Å². The highest BCUT2D eigenvalue weighted by Gasteiger charge is 2.32. The van der Waals surface area contributed by atoms with E-state index < -0.39 is 0 Å². The molecule has 4 rings (SSSR count). The topological polar surface area (TPSA) is 80.3 Å². The number of hydrogen-bond donors (Lipinski definition) is 0. The van der Waals surface area contributed by atoms with Crippen LogP contribution in [-0.2, 0) is 0 Å². The van der Waals surface area contributed by atoms with Gasteiger partial charge in [0.25, 0.3) is 5.91 Å². The Kier molecular flexibility index (Phi) is 6.04. The number of amides is 1. The van der Waals surface area contributed by atoms with Crippen LogP contribution in [0.5, 0.6) is 0 Å². The Morgan fingerprint density at radius 3 is 2.68 bits per heavy atom. The summed E-state index contributed by atoms with van der Waals surface area (Å²) in [5.41, 5.74) is 0. The second kappa shape index (κ2) is 8.86. The van der Waals surface area contributed by atoms with Gasteiger partial charge in [-0.3, -0.25) is 9.69 Å². The minimum atomic E-state index is -0.0243. The summed E-state index contributed by atoms with van der Waals surface area (Å²) in [4.78, 5) is 16.9. The van der Waals surface area contributed by atoms with Crippen molar-refractivity contribution in [2.45, 2.75) is 64.0 Å². The monoisotopic (exact) mass is 386 g/mol. The van der Waals surface area contributed by atoms with Crippen molar-refractivity contribution < 1.29 is 9.21 Å². The van der Waals surface area contributed by atoms with Crippen molar-refractivity contribution in [3.8, 4) is 0 Å². The van der Waals surface area contributed by atoms with E-state index in [-0.39, 0.29) is 11.9 Å². The minimum Gasteiger partial charge on any atom is -0.459 e. The molecule has 0 spiro atoms. The van der Waals surface area contributed by atoms with Crippen LogP contribution in [0.3, 0.4) is 0 Å². The van der Waals surface area contributed by atoms with E-state index in [2.05, 4.69) is 32.0 Å². The van der Waals surface area contributed by atoms with Gasteiger partial charge in [-0.05, 0) is 41.8 Å². The van der Waals surface area contributed by atoms with Crippen LogP contribution in [-0.4, -0.2) is 62.1 Å². The molecule has 1 saturated heterocycles. The summed E-state index contributed by atoms with van der Waals surface area (Å²) in [7, 11) is 0. The maximum absolute atomic E-state index is 12.5. The van der Waals surface area contributed by atoms with Crippen LogP contribution in [0.1, 0.15) is 80.3 Å². The number of piperazine rings is 1. The Balaban J connectivity index is 1.45. The summed E-state index contributed by atoms with van der Waals surface area (Å²) in [6, 6.07) is 4.13. The van der Waals surface area contributed by atoms with Crippen LogP contribution in [0, 0.1) is 0 Å². The third-order valence-corrected chi connectivity index (χ3v) is 6.07. The second-order valence-corrected chi connectivity index (χ2v) is 7.88. The lowest BCUT2D eigenvalue weighted by Gasteiger charge is -2.39. The first kappa shape index (κ1) is 19.1. The highest BCUT2D eigenvalue weighted by Crippen LogP contribution is 2.32. The van der Waals surface area contributed by atoms with Gasteiger partial charge in [0, 0.05) is 26.2 Å². The Bertz CT molecular complexity index is 745. The first-order chi connectivity index (χ1) is 13.8. The van der Waals surface area contributed by atoms with E-state index in [9.17, 15) is 4.79 Å². The van der Waals surface area contributed by atoms with Crippen molar-refractivity contribution in [2.24, 2.45) is 0 Å². The molecule has 8 nitrogen and oxygen atoms in total. The standard InChI is InChI=1S/C20H30N6O2/c1-2-7-17(19-21-22-23-26(19)16-8-4-3-5-9-16)24-11-13-25(14-12-24)20(27)18-10-6-15-28-18/h6,10,15-17H,2-5,7-9,11-14H2,1H3/t17-/m0/s1. The van der Waals surface area contributed by atoms with E-state index in [1.54, 1.807) is 18.4 Å². The Morgan fingerprint density at radius 2 is 2.00 bits per heavy atom. The summed E-state index contributed by atoms with van der Waals surface area (Å²) in [6.07, 6.45) is 9.83. The lowest BCUT2D eigenvalue weighted by atomic mass is 9.95. The molecule has 2 fully saturated rings. The van der Waals surface area contributed by atoms with Crippen molar-refractivity contribution in [3.63, 3.8) is 0 Å². The highest BCUT2D eigenvalue weighted by molar-refractivity contribution is 5.91. The van der Waals surface area contributed by atoms with Crippen LogP contribution in [0.15, 0.2) is 22.8 Å². The fourth-order valence-electron chi connectivity index (χ4n) is 4.55. The molecule has 28 heavy (non-hydrogen) atoms. The Morgan fingerprint density at radius 1 is 1.21 bits per heavy atom. The number of carbonyl (C=O) groups excluding carboxylic acids is 1. The molecule has 2 aromatic rings. The number of hydrogen-bond acceptors (Lipinski definition) is 6. The predicted octanol–water partition coefficient (Wildman–Crippen LogP) is 3.07. The van der Waals surface area contributed by atoms with Crippen molar-refractivity contribution in [1.29, 1.82) is 0 Å². The van der Waals surface area contributed by atoms with E-state index in [1.807, 2.05) is 4.90 Å². The second-order valence-electron chi connectivity index (χ2n) is 7.88. The number of tetrazole rings is 1. The molecule has 1 saturated carbocycles. The molecule has 3 heterocycles. The zero-order valence-electron chi connectivity index (χ0n) is 16.7. The number of furan rings is 1. The molecule has 1 aliphatic carbocycles. The molecule has 0 N–H and O–H groups in total. The zero-order chi connectivity index (χ0) is 19.3. The molecule has 2 aliphatic rings. The summed E-state index contributed by atoms with van der Waals surface area (Å²) in [5, 5.41) is 12.8. The summed E-state index contributed by atoms with van der Waals surface area (Å²) < 4.78 is 7.37. The number of rotatable bonds is 6. The molecule has 0 radical (unpaired) electrons. The molecule has 1 amide bonds. The SMILES string of the molecule is CCC[C@@H](c1nnnn1C1CCCCC1)N1CCN(C(=O)c2ccco2)CC1. The number of aromatic nitrogens is 4. The fourth-order valence-corrected chi connectivity index (χ4v) is 4.55. The first-order valence-corrected chi connectivity index (χ1v) is 10.6. The summed E-state index contributed by atoms with van der Waals surface area (Å²) in [5.74, 6) is 1.39. The van der Waals surface area contributed by atoms with Gasteiger partial charge in [-0.15, -0.1) is 5.10 Å². The van der Waals surface area contributed by atoms with E-state index in [0.717, 1.165) is 31.8 Å².